The first kappa shape index (κ1) is 13.3. The molecule has 0 atom stereocenters. The van der Waals surface area contributed by atoms with E-state index in [1.165, 1.54) is 0 Å². The number of aromatic nitrogens is 1. The van der Waals surface area contributed by atoms with Gasteiger partial charge in [0.05, 0.1) is 19.4 Å². The maximum Gasteiger partial charge on any atom is 0.213 e. The van der Waals surface area contributed by atoms with Gasteiger partial charge in [-0.2, -0.15) is 0 Å². The average molecular weight is 252 g/mol. The number of rotatable bonds is 5. The molecular formula is C13H20N2O3. The molecule has 1 aromatic rings. The van der Waals surface area contributed by atoms with E-state index in [0.717, 1.165) is 18.5 Å². The number of pyridine rings is 1. The molecule has 1 fully saturated rings. The van der Waals surface area contributed by atoms with Crippen molar-refractivity contribution in [3.05, 3.63) is 23.9 Å². The lowest BCUT2D eigenvalue weighted by Gasteiger charge is -2.36. The minimum absolute atomic E-state index is 0.125. The van der Waals surface area contributed by atoms with Crippen LogP contribution < -0.4 is 10.1 Å². The van der Waals surface area contributed by atoms with Gasteiger partial charge in [-0.15, -0.1) is 0 Å². The predicted molar refractivity (Wildman–Crippen MR) is 67.5 cm³/mol. The number of methoxy groups -OCH3 is 1. The molecule has 0 radical (unpaired) electrons. The Morgan fingerprint density at radius 1 is 1.44 bits per heavy atom. The van der Waals surface area contributed by atoms with Gasteiger partial charge in [0.25, 0.3) is 0 Å². The minimum Gasteiger partial charge on any atom is -0.481 e. The van der Waals surface area contributed by atoms with Crippen molar-refractivity contribution in [3.63, 3.8) is 0 Å². The van der Waals surface area contributed by atoms with Gasteiger partial charge in [-0.1, -0.05) is 6.07 Å². The monoisotopic (exact) mass is 252 g/mol. The summed E-state index contributed by atoms with van der Waals surface area (Å²) in [5.74, 6) is 0.610. The number of nitrogens with zero attached hydrogens (tertiary/aromatic N) is 1. The Morgan fingerprint density at radius 2 is 2.22 bits per heavy atom. The Kier molecular flexibility index (Phi) is 4.52. The highest BCUT2D eigenvalue weighted by molar-refractivity contribution is 5.15. The maximum atomic E-state index is 9.56. The van der Waals surface area contributed by atoms with E-state index >= 15 is 0 Å². The van der Waals surface area contributed by atoms with Crippen molar-refractivity contribution >= 4 is 0 Å². The van der Waals surface area contributed by atoms with E-state index in [1.807, 2.05) is 18.2 Å². The fraction of sp³-hybridized carbons (Fsp3) is 0.615. The van der Waals surface area contributed by atoms with Gasteiger partial charge in [-0.3, -0.25) is 0 Å². The van der Waals surface area contributed by atoms with Crippen LogP contribution in [0.3, 0.4) is 0 Å². The zero-order valence-corrected chi connectivity index (χ0v) is 10.7. The molecule has 18 heavy (non-hydrogen) atoms. The van der Waals surface area contributed by atoms with Crippen LogP contribution in [0, 0.1) is 0 Å². The molecule has 0 saturated carbocycles. The summed E-state index contributed by atoms with van der Waals surface area (Å²) in [4.78, 5) is 4.34. The molecule has 1 aliphatic rings. The highest BCUT2D eigenvalue weighted by atomic mass is 16.5. The summed E-state index contributed by atoms with van der Waals surface area (Å²) in [6.45, 7) is 2.14. The number of ether oxygens (including phenoxy) is 2. The second-order valence-electron chi connectivity index (χ2n) is 4.58. The van der Waals surface area contributed by atoms with Crippen LogP contribution in [0.4, 0.5) is 0 Å². The lowest BCUT2D eigenvalue weighted by atomic mass is 9.91. The van der Waals surface area contributed by atoms with Crippen molar-refractivity contribution in [2.45, 2.75) is 24.9 Å². The van der Waals surface area contributed by atoms with Crippen LogP contribution in [0.5, 0.6) is 5.88 Å². The van der Waals surface area contributed by atoms with Crippen LogP contribution in [0.1, 0.15) is 18.5 Å². The summed E-state index contributed by atoms with van der Waals surface area (Å²) >= 11 is 0. The maximum absolute atomic E-state index is 9.56. The fourth-order valence-corrected chi connectivity index (χ4v) is 2.10. The Labute approximate surface area is 107 Å². The van der Waals surface area contributed by atoms with Crippen molar-refractivity contribution < 1.29 is 14.6 Å². The van der Waals surface area contributed by atoms with E-state index < -0.39 is 0 Å². The highest BCUT2D eigenvalue weighted by Crippen LogP contribution is 2.20. The fourth-order valence-electron chi connectivity index (χ4n) is 2.10. The summed E-state index contributed by atoms with van der Waals surface area (Å²) in [5, 5.41) is 13.0. The molecule has 100 valence electrons. The molecule has 0 unspecified atom stereocenters. The minimum atomic E-state index is -0.233. The molecule has 2 rings (SSSR count). The van der Waals surface area contributed by atoms with Crippen LogP contribution in [0.2, 0.25) is 0 Å². The van der Waals surface area contributed by atoms with Crippen LogP contribution >= 0.6 is 0 Å². The Balaban J connectivity index is 1.96. The SMILES string of the molecule is COc1cccc(CNC2(CO)CCOCC2)n1. The zero-order valence-electron chi connectivity index (χ0n) is 10.7. The molecule has 2 heterocycles. The number of aliphatic hydroxyl groups is 1. The van der Waals surface area contributed by atoms with Crippen LogP contribution in [0.15, 0.2) is 18.2 Å². The lowest BCUT2D eigenvalue weighted by molar-refractivity contribution is 0.0110. The Morgan fingerprint density at radius 3 is 2.89 bits per heavy atom. The molecule has 0 bridgehead atoms. The van der Waals surface area contributed by atoms with Crippen molar-refractivity contribution in [1.82, 2.24) is 10.3 Å². The normalized spacial score (nSPS) is 18.6. The summed E-state index contributed by atoms with van der Waals surface area (Å²) < 4.78 is 10.4. The van der Waals surface area contributed by atoms with Gasteiger partial charge in [0.15, 0.2) is 0 Å². The lowest BCUT2D eigenvalue weighted by Crippen LogP contribution is -2.51. The third-order valence-corrected chi connectivity index (χ3v) is 3.39. The Hall–Kier alpha value is -1.17. The second-order valence-corrected chi connectivity index (χ2v) is 4.58. The van der Waals surface area contributed by atoms with E-state index in [9.17, 15) is 5.11 Å². The molecule has 5 nitrogen and oxygen atoms in total. The number of hydrogen-bond donors (Lipinski definition) is 2. The smallest absolute Gasteiger partial charge is 0.213 e. The first-order valence-electron chi connectivity index (χ1n) is 6.21. The van der Waals surface area contributed by atoms with Gasteiger partial charge < -0.3 is 19.9 Å². The van der Waals surface area contributed by atoms with Crippen molar-refractivity contribution in [3.8, 4) is 5.88 Å². The van der Waals surface area contributed by atoms with E-state index in [4.69, 9.17) is 9.47 Å². The molecular weight excluding hydrogens is 232 g/mol. The highest BCUT2D eigenvalue weighted by Gasteiger charge is 2.31. The summed E-state index contributed by atoms with van der Waals surface area (Å²) in [6.07, 6.45) is 1.65. The first-order chi connectivity index (χ1) is 8.78. The van der Waals surface area contributed by atoms with Crippen LogP contribution in [0.25, 0.3) is 0 Å². The van der Waals surface area contributed by atoms with Gasteiger partial charge in [0, 0.05) is 31.4 Å². The third kappa shape index (κ3) is 3.19. The van der Waals surface area contributed by atoms with Crippen LogP contribution in [-0.4, -0.2) is 42.6 Å². The second kappa shape index (κ2) is 6.13. The number of aliphatic hydroxyl groups excluding tert-OH is 1. The molecule has 1 saturated heterocycles. The molecule has 0 spiro atoms. The standard InChI is InChI=1S/C13H20N2O3/c1-17-12-4-2-3-11(15-12)9-14-13(10-16)5-7-18-8-6-13/h2-4,14,16H,5-10H2,1H3. The van der Waals surface area contributed by atoms with E-state index in [0.29, 0.717) is 25.6 Å². The molecule has 1 aromatic heterocycles. The number of hydrogen-bond acceptors (Lipinski definition) is 5. The zero-order chi connectivity index (χ0) is 12.8. The average Bonchev–Trinajstić information content (AvgIpc) is 2.46. The Bertz CT molecular complexity index is 378. The van der Waals surface area contributed by atoms with Crippen molar-refractivity contribution in [1.29, 1.82) is 0 Å². The van der Waals surface area contributed by atoms with Crippen LogP contribution in [-0.2, 0) is 11.3 Å². The van der Waals surface area contributed by atoms with Gasteiger partial charge in [0.2, 0.25) is 5.88 Å². The topological polar surface area (TPSA) is 63.6 Å². The summed E-state index contributed by atoms with van der Waals surface area (Å²) in [5.41, 5.74) is 0.678. The molecule has 0 aliphatic carbocycles. The number of nitrogens with one attached hydrogen (secondary N) is 1. The van der Waals surface area contributed by atoms with E-state index in [-0.39, 0.29) is 12.1 Å². The largest absolute Gasteiger partial charge is 0.481 e. The molecule has 1 aliphatic heterocycles. The van der Waals surface area contributed by atoms with Crippen molar-refractivity contribution in [2.75, 3.05) is 26.9 Å². The van der Waals surface area contributed by atoms with Gasteiger partial charge in [-0.25, -0.2) is 4.98 Å². The van der Waals surface area contributed by atoms with Gasteiger partial charge >= 0.3 is 0 Å². The molecule has 2 N–H and O–H groups in total. The van der Waals surface area contributed by atoms with Gasteiger partial charge in [-0.05, 0) is 18.9 Å². The van der Waals surface area contributed by atoms with Crippen molar-refractivity contribution in [2.24, 2.45) is 0 Å². The summed E-state index contributed by atoms with van der Waals surface area (Å²) in [7, 11) is 1.60. The molecule has 0 amide bonds. The third-order valence-electron chi connectivity index (χ3n) is 3.39. The quantitative estimate of drug-likeness (QED) is 0.808. The predicted octanol–water partition coefficient (Wildman–Crippen LogP) is 0.721. The first-order valence-corrected chi connectivity index (χ1v) is 6.21. The van der Waals surface area contributed by atoms with E-state index in [1.54, 1.807) is 7.11 Å². The molecule has 5 heteroatoms. The summed E-state index contributed by atoms with van der Waals surface area (Å²) in [6, 6.07) is 5.68. The van der Waals surface area contributed by atoms with E-state index in [2.05, 4.69) is 10.3 Å². The van der Waals surface area contributed by atoms with Gasteiger partial charge in [0.1, 0.15) is 0 Å². The molecule has 0 aromatic carbocycles.